The fraction of sp³-hybridized carbons (Fsp3) is 0.600. The van der Waals surface area contributed by atoms with E-state index in [1.807, 2.05) is 0 Å². The van der Waals surface area contributed by atoms with Crippen molar-refractivity contribution in [3.05, 3.63) is 5.21 Å². The zero-order valence-corrected chi connectivity index (χ0v) is 7.08. The second-order valence-corrected chi connectivity index (χ2v) is 2.51. The summed E-state index contributed by atoms with van der Waals surface area (Å²) in [6.45, 7) is -0.805. The van der Waals surface area contributed by atoms with Gasteiger partial charge < -0.3 is 16.0 Å². The summed E-state index contributed by atoms with van der Waals surface area (Å²) in [7, 11) is 0. The molecule has 0 aliphatic heterocycles. The van der Waals surface area contributed by atoms with Crippen molar-refractivity contribution in [1.82, 2.24) is 0 Å². The SMILES string of the molecule is N[C@@H](CS)C(=O)[NH+]([O-])CC(=O)O. The summed E-state index contributed by atoms with van der Waals surface area (Å²) in [5.74, 6) is -2.18. The van der Waals surface area contributed by atoms with Gasteiger partial charge in [0.25, 0.3) is 0 Å². The van der Waals surface area contributed by atoms with Crippen molar-refractivity contribution in [2.75, 3.05) is 12.3 Å². The number of nitrogens with one attached hydrogen (secondary N) is 1. The minimum atomic E-state index is -1.33. The van der Waals surface area contributed by atoms with Crippen LogP contribution in [0.25, 0.3) is 0 Å². The predicted molar refractivity (Wildman–Crippen MR) is 43.7 cm³/mol. The first-order valence-electron chi connectivity index (χ1n) is 3.14. The maximum absolute atomic E-state index is 10.8. The van der Waals surface area contributed by atoms with Gasteiger partial charge in [-0.25, -0.2) is 9.59 Å². The Hall–Kier alpha value is -0.630. The van der Waals surface area contributed by atoms with Crippen LogP contribution in [0.5, 0.6) is 0 Å². The van der Waals surface area contributed by atoms with Crippen LogP contribution in [-0.2, 0) is 9.59 Å². The molecule has 1 unspecified atom stereocenters. The van der Waals surface area contributed by atoms with E-state index in [0.717, 1.165) is 0 Å². The Morgan fingerprint density at radius 3 is 2.50 bits per heavy atom. The van der Waals surface area contributed by atoms with Crippen molar-refractivity contribution >= 4 is 24.5 Å². The number of hydrogen-bond donors (Lipinski definition) is 4. The van der Waals surface area contributed by atoms with Crippen molar-refractivity contribution in [3.63, 3.8) is 0 Å². The molecule has 1 amide bonds. The van der Waals surface area contributed by atoms with E-state index >= 15 is 0 Å². The third-order valence-corrected chi connectivity index (χ3v) is 1.51. The Morgan fingerprint density at radius 2 is 2.17 bits per heavy atom. The van der Waals surface area contributed by atoms with E-state index in [-0.39, 0.29) is 5.75 Å². The molecule has 0 radical (unpaired) electrons. The lowest BCUT2D eigenvalue weighted by atomic mass is 10.3. The number of carboxylic acid groups (broad SMARTS) is 1. The Morgan fingerprint density at radius 1 is 1.67 bits per heavy atom. The van der Waals surface area contributed by atoms with Gasteiger partial charge in [-0.05, 0) is 0 Å². The molecule has 0 aromatic rings. The van der Waals surface area contributed by atoms with E-state index < -0.39 is 29.5 Å². The van der Waals surface area contributed by atoms with Crippen LogP contribution in [0, 0.1) is 5.21 Å². The molecule has 12 heavy (non-hydrogen) atoms. The van der Waals surface area contributed by atoms with Crippen molar-refractivity contribution in [1.29, 1.82) is 0 Å². The van der Waals surface area contributed by atoms with Crippen LogP contribution in [0.1, 0.15) is 0 Å². The average molecular weight is 194 g/mol. The molecule has 4 N–H and O–H groups in total. The highest BCUT2D eigenvalue weighted by molar-refractivity contribution is 7.80. The van der Waals surface area contributed by atoms with E-state index in [0.29, 0.717) is 0 Å². The first-order valence-corrected chi connectivity index (χ1v) is 3.77. The number of amides is 1. The monoisotopic (exact) mass is 194 g/mol. The number of aliphatic carboxylic acids is 1. The lowest BCUT2D eigenvalue weighted by Gasteiger charge is -2.19. The van der Waals surface area contributed by atoms with Crippen molar-refractivity contribution < 1.29 is 19.8 Å². The first kappa shape index (κ1) is 11.4. The highest BCUT2D eigenvalue weighted by Gasteiger charge is 2.20. The number of hydroxylamine groups is 2. The quantitative estimate of drug-likeness (QED) is 0.286. The molecule has 2 atom stereocenters. The molecule has 0 rings (SSSR count). The van der Waals surface area contributed by atoms with Crippen LogP contribution < -0.4 is 10.8 Å². The highest BCUT2D eigenvalue weighted by Crippen LogP contribution is 1.79. The molecule has 70 valence electrons. The Balaban J connectivity index is 4.01. The predicted octanol–water partition coefficient (Wildman–Crippen LogP) is -2.76. The lowest BCUT2D eigenvalue weighted by Crippen LogP contribution is -3.12. The molecular formula is C5H10N2O4S. The summed E-state index contributed by atoms with van der Waals surface area (Å²) in [6, 6.07) is -1.000. The van der Waals surface area contributed by atoms with E-state index in [1.54, 1.807) is 0 Å². The fourth-order valence-corrected chi connectivity index (χ4v) is 0.680. The molecule has 0 saturated heterocycles. The molecule has 0 aromatic heterocycles. The molecule has 6 nitrogen and oxygen atoms in total. The smallest absolute Gasteiger partial charge is 0.360 e. The molecule has 0 fully saturated rings. The third-order valence-electron chi connectivity index (χ3n) is 1.12. The van der Waals surface area contributed by atoms with Gasteiger partial charge in [-0.1, -0.05) is 0 Å². The van der Waals surface area contributed by atoms with Gasteiger partial charge >= 0.3 is 11.9 Å². The van der Waals surface area contributed by atoms with Gasteiger partial charge in [-0.2, -0.15) is 12.6 Å². The Labute approximate surface area is 74.3 Å². The minimum Gasteiger partial charge on any atom is -0.626 e. The molecule has 0 aliphatic carbocycles. The standard InChI is InChI=1S/C5H10N2O4S/c6-3(2-12)5(10)7(11)1-4(8)9/h3,7,12H,1-2,6H2,(H,8,9)/t3-/m0/s1. The van der Waals surface area contributed by atoms with Crippen LogP contribution in [0.2, 0.25) is 0 Å². The average Bonchev–Trinajstić information content (AvgIpc) is 2.00. The topological polar surface area (TPSA) is 108 Å². The second kappa shape index (κ2) is 5.09. The molecule has 0 aromatic carbocycles. The molecular weight excluding hydrogens is 184 g/mol. The normalized spacial score (nSPS) is 15.2. The number of carbonyl (C=O) groups is 2. The number of nitrogens with two attached hydrogens (primary N) is 1. The van der Waals surface area contributed by atoms with Crippen molar-refractivity contribution in [2.45, 2.75) is 6.04 Å². The fourth-order valence-electron chi connectivity index (χ4n) is 0.514. The lowest BCUT2D eigenvalue weighted by molar-refractivity contribution is -0.757. The molecule has 0 aliphatic rings. The van der Waals surface area contributed by atoms with E-state index in [4.69, 9.17) is 10.8 Å². The van der Waals surface area contributed by atoms with Gasteiger partial charge in [0.2, 0.25) is 0 Å². The Bertz CT molecular complexity index is 186. The third kappa shape index (κ3) is 3.67. The van der Waals surface area contributed by atoms with E-state index in [1.165, 1.54) is 0 Å². The molecule has 0 spiro atoms. The van der Waals surface area contributed by atoms with Crippen LogP contribution in [0.3, 0.4) is 0 Å². The summed E-state index contributed by atoms with van der Waals surface area (Å²) in [5.41, 5.74) is 5.15. The molecule has 0 saturated carbocycles. The van der Waals surface area contributed by atoms with Gasteiger partial charge in [0, 0.05) is 5.75 Å². The second-order valence-electron chi connectivity index (χ2n) is 2.15. The minimum absolute atomic E-state index is 0.0319. The molecule has 0 heterocycles. The maximum Gasteiger partial charge on any atom is 0.360 e. The van der Waals surface area contributed by atoms with Crippen LogP contribution >= 0.6 is 12.6 Å². The van der Waals surface area contributed by atoms with E-state index in [9.17, 15) is 14.8 Å². The number of carbonyl (C=O) groups excluding carboxylic acids is 1. The summed E-state index contributed by atoms with van der Waals surface area (Å²) in [5, 5.41) is 17.9. The molecule has 0 bridgehead atoms. The number of hydrogen-bond acceptors (Lipinski definition) is 5. The largest absolute Gasteiger partial charge is 0.626 e. The van der Waals surface area contributed by atoms with Crippen LogP contribution in [0.4, 0.5) is 0 Å². The zero-order chi connectivity index (χ0) is 9.72. The maximum atomic E-state index is 10.8. The number of quaternary nitrogens is 1. The van der Waals surface area contributed by atoms with Gasteiger partial charge in [0.1, 0.15) is 6.04 Å². The highest BCUT2D eigenvalue weighted by atomic mass is 32.1. The first-order chi connectivity index (χ1) is 5.49. The van der Waals surface area contributed by atoms with Crippen molar-refractivity contribution in [3.8, 4) is 0 Å². The summed E-state index contributed by atoms with van der Waals surface area (Å²) in [4.78, 5) is 20.8. The van der Waals surface area contributed by atoms with E-state index in [2.05, 4.69) is 12.6 Å². The van der Waals surface area contributed by atoms with Gasteiger partial charge in [0.05, 0.1) is 0 Å². The van der Waals surface area contributed by atoms with Crippen molar-refractivity contribution in [2.24, 2.45) is 5.73 Å². The summed E-state index contributed by atoms with van der Waals surface area (Å²) < 4.78 is 0. The van der Waals surface area contributed by atoms with Crippen LogP contribution in [-0.4, -0.2) is 35.3 Å². The van der Waals surface area contributed by atoms with Gasteiger partial charge in [-0.3, -0.25) is 5.06 Å². The van der Waals surface area contributed by atoms with Crippen LogP contribution in [0.15, 0.2) is 0 Å². The number of carboxylic acids is 1. The van der Waals surface area contributed by atoms with Gasteiger partial charge in [0.15, 0.2) is 6.54 Å². The number of thiol groups is 1. The Kier molecular flexibility index (Phi) is 4.83. The number of rotatable bonds is 4. The summed E-state index contributed by atoms with van der Waals surface area (Å²) >= 11 is 3.69. The zero-order valence-electron chi connectivity index (χ0n) is 6.19. The summed E-state index contributed by atoms with van der Waals surface area (Å²) in [6.07, 6.45) is 0. The molecule has 7 heteroatoms. The van der Waals surface area contributed by atoms with Gasteiger partial charge in [-0.15, -0.1) is 0 Å².